The van der Waals surface area contributed by atoms with Crippen LogP contribution in [-0.4, -0.2) is 19.5 Å². The zero-order valence-corrected chi connectivity index (χ0v) is 14.8. The number of para-hydroxylation sites is 1. The van der Waals surface area contributed by atoms with Crippen LogP contribution < -0.4 is 0 Å². The number of hydrogen-bond acceptors (Lipinski definition) is 4. The molecule has 0 spiro atoms. The topological polar surface area (TPSA) is 56.7 Å². The molecule has 0 bridgehead atoms. The fourth-order valence-electron chi connectivity index (χ4n) is 3.73. The van der Waals surface area contributed by atoms with E-state index in [2.05, 4.69) is 22.1 Å². The minimum atomic E-state index is 0.541. The molecule has 0 unspecified atom stereocenters. The molecule has 0 amide bonds. The van der Waals surface area contributed by atoms with Gasteiger partial charge in [0.1, 0.15) is 5.58 Å². The standard InChI is InChI=1S/C23H14N4O/c1-2-7-15(8-3-1)18-12-14-25-23(26-18)27-21-17(10-6-13-24-21)20-16-9-4-5-11-19(16)28-22(20)27/h1-14H. The van der Waals surface area contributed by atoms with E-state index in [0.29, 0.717) is 11.7 Å². The summed E-state index contributed by atoms with van der Waals surface area (Å²) >= 11 is 0. The zero-order chi connectivity index (χ0) is 18.5. The minimum absolute atomic E-state index is 0.541. The van der Waals surface area contributed by atoms with E-state index < -0.39 is 0 Å². The van der Waals surface area contributed by atoms with Gasteiger partial charge >= 0.3 is 0 Å². The van der Waals surface area contributed by atoms with Crippen LogP contribution >= 0.6 is 0 Å². The van der Waals surface area contributed by atoms with Gasteiger partial charge < -0.3 is 4.42 Å². The van der Waals surface area contributed by atoms with Crippen molar-refractivity contribution in [2.24, 2.45) is 0 Å². The molecule has 5 nitrogen and oxygen atoms in total. The highest BCUT2D eigenvalue weighted by atomic mass is 16.3. The largest absolute Gasteiger partial charge is 0.439 e. The highest BCUT2D eigenvalue weighted by Crippen LogP contribution is 2.37. The number of benzene rings is 2. The number of furan rings is 1. The van der Waals surface area contributed by atoms with Crippen LogP contribution in [0.2, 0.25) is 0 Å². The van der Waals surface area contributed by atoms with E-state index in [1.807, 2.05) is 65.2 Å². The van der Waals surface area contributed by atoms with Crippen molar-refractivity contribution in [1.82, 2.24) is 19.5 Å². The summed E-state index contributed by atoms with van der Waals surface area (Å²) < 4.78 is 8.11. The van der Waals surface area contributed by atoms with E-state index in [9.17, 15) is 0 Å². The van der Waals surface area contributed by atoms with Gasteiger partial charge in [0.15, 0.2) is 5.65 Å². The van der Waals surface area contributed by atoms with E-state index in [-0.39, 0.29) is 0 Å². The van der Waals surface area contributed by atoms with E-state index >= 15 is 0 Å². The third kappa shape index (κ3) is 2.10. The van der Waals surface area contributed by atoms with Crippen LogP contribution in [0.5, 0.6) is 0 Å². The third-order valence-corrected chi connectivity index (χ3v) is 4.96. The lowest BCUT2D eigenvalue weighted by molar-refractivity contribution is 0.641. The Hall–Kier alpha value is -3.99. The van der Waals surface area contributed by atoms with E-state index in [4.69, 9.17) is 9.40 Å². The summed E-state index contributed by atoms with van der Waals surface area (Å²) in [4.78, 5) is 13.9. The van der Waals surface area contributed by atoms with Gasteiger partial charge in [0, 0.05) is 28.7 Å². The fraction of sp³-hybridized carbons (Fsp3) is 0. The molecule has 28 heavy (non-hydrogen) atoms. The molecule has 0 fully saturated rings. The average Bonchev–Trinajstić information content (AvgIpc) is 3.29. The van der Waals surface area contributed by atoms with E-state index in [1.54, 1.807) is 12.4 Å². The first-order chi connectivity index (χ1) is 13.9. The van der Waals surface area contributed by atoms with Crippen molar-refractivity contribution in [2.75, 3.05) is 0 Å². The summed E-state index contributed by atoms with van der Waals surface area (Å²) in [6.45, 7) is 0. The molecule has 0 aliphatic carbocycles. The predicted molar refractivity (Wildman–Crippen MR) is 109 cm³/mol. The summed E-state index contributed by atoms with van der Waals surface area (Å²) in [5, 5.41) is 3.12. The van der Waals surface area contributed by atoms with Crippen LogP contribution in [0.1, 0.15) is 0 Å². The van der Waals surface area contributed by atoms with Gasteiger partial charge in [-0.1, -0.05) is 48.5 Å². The first-order valence-electron chi connectivity index (χ1n) is 9.06. The van der Waals surface area contributed by atoms with E-state index in [1.165, 1.54) is 0 Å². The molecule has 0 atom stereocenters. The van der Waals surface area contributed by atoms with Crippen LogP contribution in [0.3, 0.4) is 0 Å². The van der Waals surface area contributed by atoms with Gasteiger partial charge in [-0.15, -0.1) is 0 Å². The Balaban J connectivity index is 1.70. The molecule has 6 aromatic rings. The summed E-state index contributed by atoms with van der Waals surface area (Å²) in [6, 6.07) is 24.0. The smallest absolute Gasteiger partial charge is 0.238 e. The molecule has 0 N–H and O–H groups in total. The van der Waals surface area contributed by atoms with Gasteiger partial charge in [0.2, 0.25) is 11.7 Å². The molecule has 132 valence electrons. The molecule has 0 saturated heterocycles. The van der Waals surface area contributed by atoms with Crippen LogP contribution in [0, 0.1) is 0 Å². The summed E-state index contributed by atoms with van der Waals surface area (Å²) in [7, 11) is 0. The van der Waals surface area contributed by atoms with Crippen molar-refractivity contribution >= 4 is 33.1 Å². The maximum atomic E-state index is 6.21. The summed E-state index contributed by atoms with van der Waals surface area (Å²) in [6.07, 6.45) is 3.55. The Bertz CT molecular complexity index is 1460. The average molecular weight is 362 g/mol. The van der Waals surface area contributed by atoms with Crippen molar-refractivity contribution in [2.45, 2.75) is 0 Å². The Morgan fingerprint density at radius 3 is 2.46 bits per heavy atom. The van der Waals surface area contributed by atoms with Crippen molar-refractivity contribution in [1.29, 1.82) is 0 Å². The van der Waals surface area contributed by atoms with Crippen LogP contribution in [0.15, 0.2) is 89.6 Å². The zero-order valence-electron chi connectivity index (χ0n) is 14.8. The van der Waals surface area contributed by atoms with Crippen LogP contribution in [0.4, 0.5) is 0 Å². The van der Waals surface area contributed by atoms with Gasteiger partial charge in [0.25, 0.3) is 0 Å². The third-order valence-electron chi connectivity index (χ3n) is 4.96. The second-order valence-corrected chi connectivity index (χ2v) is 6.60. The van der Waals surface area contributed by atoms with Crippen LogP contribution in [0.25, 0.3) is 50.3 Å². The molecule has 6 rings (SSSR count). The molecule has 0 radical (unpaired) electrons. The number of rotatable bonds is 2. The lowest BCUT2D eigenvalue weighted by atomic mass is 10.1. The maximum absolute atomic E-state index is 6.21. The normalized spacial score (nSPS) is 11.6. The van der Waals surface area contributed by atoms with Crippen molar-refractivity contribution < 1.29 is 4.42 Å². The molecule has 0 aliphatic heterocycles. The molecule has 4 aromatic heterocycles. The Labute approximate surface area is 159 Å². The molecule has 0 saturated carbocycles. The van der Waals surface area contributed by atoms with Gasteiger partial charge in [0.05, 0.1) is 11.1 Å². The van der Waals surface area contributed by atoms with Crippen LogP contribution in [-0.2, 0) is 0 Å². The lowest BCUT2D eigenvalue weighted by Crippen LogP contribution is -2.02. The predicted octanol–water partition coefficient (Wildman–Crippen LogP) is 5.38. The molecule has 2 aromatic carbocycles. The maximum Gasteiger partial charge on any atom is 0.238 e. The number of aromatic nitrogens is 4. The first kappa shape index (κ1) is 15.1. The van der Waals surface area contributed by atoms with Crippen molar-refractivity contribution in [3.63, 3.8) is 0 Å². The monoisotopic (exact) mass is 362 g/mol. The van der Waals surface area contributed by atoms with Gasteiger partial charge in [-0.2, -0.15) is 0 Å². The molecule has 0 aliphatic rings. The SMILES string of the molecule is c1ccc(-c2ccnc(-n3c4ncccc4c4c5ccccc5oc43)n2)cc1. The highest BCUT2D eigenvalue weighted by molar-refractivity contribution is 6.18. The number of nitrogens with zero attached hydrogens (tertiary/aromatic N) is 4. The summed E-state index contributed by atoms with van der Waals surface area (Å²) in [5.74, 6) is 0.541. The second kappa shape index (κ2) is 5.76. The second-order valence-electron chi connectivity index (χ2n) is 6.60. The Morgan fingerprint density at radius 1 is 0.714 bits per heavy atom. The molecular formula is C23H14N4O. The minimum Gasteiger partial charge on any atom is -0.439 e. The molecule has 4 heterocycles. The first-order valence-corrected chi connectivity index (χ1v) is 9.06. The van der Waals surface area contributed by atoms with E-state index in [0.717, 1.165) is 38.6 Å². The van der Waals surface area contributed by atoms with Crippen molar-refractivity contribution in [3.8, 4) is 17.2 Å². The number of hydrogen-bond donors (Lipinski definition) is 0. The quantitative estimate of drug-likeness (QED) is 0.415. The lowest BCUT2D eigenvalue weighted by Gasteiger charge is -2.06. The number of pyridine rings is 1. The van der Waals surface area contributed by atoms with Gasteiger partial charge in [-0.05, 0) is 24.3 Å². The summed E-state index contributed by atoms with van der Waals surface area (Å²) in [5.41, 5.74) is 4.22. The van der Waals surface area contributed by atoms with Crippen molar-refractivity contribution in [3.05, 3.63) is 85.2 Å². The van der Waals surface area contributed by atoms with Gasteiger partial charge in [-0.3, -0.25) is 0 Å². The fourth-order valence-corrected chi connectivity index (χ4v) is 3.73. The Kier molecular flexibility index (Phi) is 3.10. The highest BCUT2D eigenvalue weighted by Gasteiger charge is 2.21. The molecular weight excluding hydrogens is 348 g/mol. The number of fused-ring (bicyclic) bond motifs is 5. The van der Waals surface area contributed by atoms with Gasteiger partial charge in [-0.25, -0.2) is 19.5 Å². The molecule has 5 heteroatoms. The Morgan fingerprint density at radius 2 is 1.54 bits per heavy atom.